The van der Waals surface area contributed by atoms with Gasteiger partial charge in [0.25, 0.3) is 0 Å². The second kappa shape index (κ2) is 9.58. The van der Waals surface area contributed by atoms with Gasteiger partial charge < -0.3 is 10.2 Å². The molecule has 37 heavy (non-hydrogen) atoms. The van der Waals surface area contributed by atoms with Gasteiger partial charge in [0.2, 0.25) is 21.8 Å². The zero-order valence-electron chi connectivity index (χ0n) is 21.7. The normalized spacial score (nSPS) is 24.9. The van der Waals surface area contributed by atoms with Gasteiger partial charge in [-0.15, -0.1) is 0 Å². The van der Waals surface area contributed by atoms with E-state index in [0.717, 1.165) is 18.6 Å². The molecule has 2 saturated heterocycles. The second-order valence-corrected chi connectivity index (χ2v) is 13.3. The molecule has 3 aliphatic rings. The maximum Gasteiger partial charge on any atom is 0.416 e. The van der Waals surface area contributed by atoms with E-state index in [1.807, 2.05) is 19.9 Å². The average Bonchev–Trinajstić information content (AvgIpc) is 2.80. The minimum Gasteiger partial charge on any atom is -0.339 e. The summed E-state index contributed by atoms with van der Waals surface area (Å²) in [5.41, 5.74) is -2.15. The molecule has 1 saturated carbocycles. The lowest BCUT2D eigenvalue weighted by molar-refractivity contribution is -0.178. The van der Waals surface area contributed by atoms with Crippen LogP contribution in [0.15, 0.2) is 29.2 Å². The van der Waals surface area contributed by atoms with Crippen LogP contribution in [0.2, 0.25) is 0 Å². The van der Waals surface area contributed by atoms with E-state index >= 15 is 0 Å². The maximum atomic E-state index is 13.9. The quantitative estimate of drug-likeness (QED) is 0.572. The summed E-state index contributed by atoms with van der Waals surface area (Å²) < 4.78 is 67.4. The van der Waals surface area contributed by atoms with Crippen LogP contribution in [0.25, 0.3) is 0 Å². The van der Waals surface area contributed by atoms with Crippen molar-refractivity contribution in [1.82, 2.24) is 14.9 Å². The number of nitrogens with zero attached hydrogens (tertiary/aromatic N) is 2. The summed E-state index contributed by atoms with van der Waals surface area (Å²) in [4.78, 5) is 28.1. The first-order valence-corrected chi connectivity index (χ1v) is 13.5. The molecule has 2 bridgehead atoms. The summed E-state index contributed by atoms with van der Waals surface area (Å²) in [6.45, 7) is 10.8. The van der Waals surface area contributed by atoms with Crippen LogP contribution >= 0.6 is 0 Å². The molecule has 4 rings (SSSR count). The standard InChI is InChI=1S/C25H33F3N4O4S/c1-14(12-29)30-21(33)19-18-11-16(24(18,5)6)13-32(19)22(34)20(23(2,3)4)31-37(35,36)17-9-7-15(8-10-17)25(26,27)28/h7-10,14,16,18-20,31H,11,13H2,1-6H3,(H,30,33)/t14-,16+,18-,19-,20+/m0/s1. The Labute approximate surface area is 215 Å². The Bertz CT molecular complexity index is 1200. The first-order chi connectivity index (χ1) is 16.8. The average molecular weight is 543 g/mol. The van der Waals surface area contributed by atoms with Crippen molar-refractivity contribution in [1.29, 1.82) is 5.26 Å². The smallest absolute Gasteiger partial charge is 0.339 e. The van der Waals surface area contributed by atoms with Crippen molar-refractivity contribution >= 4 is 21.8 Å². The molecule has 3 fully saturated rings. The lowest BCUT2D eigenvalue weighted by atomic mass is 9.49. The van der Waals surface area contributed by atoms with Gasteiger partial charge >= 0.3 is 6.18 Å². The van der Waals surface area contributed by atoms with Gasteiger partial charge in [0.05, 0.1) is 16.5 Å². The lowest BCUT2D eigenvalue weighted by Crippen LogP contribution is -2.72. The Morgan fingerprint density at radius 1 is 1.16 bits per heavy atom. The third kappa shape index (κ3) is 5.62. The third-order valence-corrected chi connectivity index (χ3v) is 9.10. The number of alkyl halides is 3. The van der Waals surface area contributed by atoms with Gasteiger partial charge in [-0.05, 0) is 60.3 Å². The number of rotatable bonds is 6. The highest BCUT2D eigenvalue weighted by Gasteiger charge is 2.61. The summed E-state index contributed by atoms with van der Waals surface area (Å²) in [5, 5.41) is 11.8. The maximum absolute atomic E-state index is 13.9. The number of halogens is 3. The number of nitriles is 1. The molecule has 204 valence electrons. The number of hydrogen-bond acceptors (Lipinski definition) is 5. The van der Waals surface area contributed by atoms with Gasteiger partial charge in [0.15, 0.2) is 0 Å². The molecule has 5 atom stereocenters. The van der Waals surface area contributed by atoms with E-state index in [0.29, 0.717) is 12.1 Å². The van der Waals surface area contributed by atoms with Crippen LogP contribution in [0.3, 0.4) is 0 Å². The van der Waals surface area contributed by atoms with Crippen molar-refractivity contribution < 1.29 is 31.2 Å². The number of piperidine rings is 2. The van der Waals surface area contributed by atoms with Crippen molar-refractivity contribution in [2.75, 3.05) is 6.54 Å². The van der Waals surface area contributed by atoms with Crippen LogP contribution in [0.4, 0.5) is 13.2 Å². The number of amides is 2. The largest absolute Gasteiger partial charge is 0.416 e. The summed E-state index contributed by atoms with van der Waals surface area (Å²) in [6, 6.07) is 1.99. The van der Waals surface area contributed by atoms with Crippen molar-refractivity contribution in [3.8, 4) is 6.07 Å². The molecule has 1 aromatic carbocycles. The lowest BCUT2D eigenvalue weighted by Gasteiger charge is -2.63. The molecule has 2 N–H and O–H groups in total. The Hall–Kier alpha value is -2.65. The van der Waals surface area contributed by atoms with E-state index in [-0.39, 0.29) is 23.8 Å². The second-order valence-electron chi connectivity index (χ2n) is 11.6. The first-order valence-electron chi connectivity index (χ1n) is 12.0. The summed E-state index contributed by atoms with van der Waals surface area (Å²) in [6.07, 6.45) is -3.89. The number of carbonyl (C=O) groups is 2. The monoisotopic (exact) mass is 542 g/mol. The summed E-state index contributed by atoms with van der Waals surface area (Å²) >= 11 is 0. The van der Waals surface area contributed by atoms with Gasteiger partial charge in [0, 0.05) is 6.54 Å². The molecule has 0 radical (unpaired) electrons. The van der Waals surface area contributed by atoms with Gasteiger partial charge in [0.1, 0.15) is 18.1 Å². The highest BCUT2D eigenvalue weighted by molar-refractivity contribution is 7.89. The third-order valence-electron chi connectivity index (χ3n) is 7.66. The van der Waals surface area contributed by atoms with E-state index < -0.39 is 62.0 Å². The predicted octanol–water partition coefficient (Wildman–Crippen LogP) is 3.30. The minimum atomic E-state index is -4.62. The fraction of sp³-hybridized carbons (Fsp3) is 0.640. The van der Waals surface area contributed by atoms with Crippen LogP contribution in [0.1, 0.15) is 53.5 Å². The summed E-state index contributed by atoms with van der Waals surface area (Å²) in [7, 11) is -4.38. The minimum absolute atomic E-state index is 0.117. The SMILES string of the molecule is C[C@@H](C#N)NC(=O)[C@@H]1[C@@H]2C[C@H](CN1C(=O)[C@@H](NS(=O)(=O)c1ccc(C(F)(F)F)cc1)C(C)(C)C)C2(C)C. The number of sulfonamides is 1. The van der Waals surface area contributed by atoms with Crippen LogP contribution in [-0.4, -0.2) is 49.8 Å². The molecule has 8 nitrogen and oxygen atoms in total. The highest BCUT2D eigenvalue weighted by Crippen LogP contribution is 2.57. The molecule has 0 aromatic heterocycles. The van der Waals surface area contributed by atoms with Gasteiger partial charge in [-0.1, -0.05) is 34.6 Å². The molecule has 0 spiro atoms. The molecule has 12 heteroatoms. The zero-order chi connectivity index (χ0) is 28.1. The molecule has 1 aromatic rings. The van der Waals surface area contributed by atoms with Crippen molar-refractivity contribution in [3.63, 3.8) is 0 Å². The van der Waals surface area contributed by atoms with Crippen LogP contribution in [0, 0.1) is 34.0 Å². The van der Waals surface area contributed by atoms with Crippen molar-refractivity contribution in [2.24, 2.45) is 22.7 Å². The molecule has 1 aliphatic carbocycles. The Kier molecular flexibility index (Phi) is 7.49. The molecule has 2 aliphatic heterocycles. The zero-order valence-corrected chi connectivity index (χ0v) is 22.5. The van der Waals surface area contributed by atoms with E-state index in [4.69, 9.17) is 5.26 Å². The van der Waals surface area contributed by atoms with Crippen LogP contribution in [-0.2, 0) is 25.8 Å². The Balaban J connectivity index is 1.93. The van der Waals surface area contributed by atoms with E-state index in [1.54, 1.807) is 20.8 Å². The highest BCUT2D eigenvalue weighted by atomic mass is 32.2. The van der Waals surface area contributed by atoms with Gasteiger partial charge in [-0.2, -0.15) is 23.2 Å². The number of benzene rings is 1. The predicted molar refractivity (Wildman–Crippen MR) is 129 cm³/mol. The number of nitrogens with one attached hydrogen (secondary N) is 2. The molecular formula is C25H33F3N4O4S. The summed E-state index contributed by atoms with van der Waals surface area (Å²) in [5.74, 6) is -1.13. The topological polar surface area (TPSA) is 119 Å². The number of fused-ring (bicyclic) bond motifs is 2. The van der Waals surface area contributed by atoms with Crippen LogP contribution < -0.4 is 10.0 Å². The van der Waals surface area contributed by atoms with E-state index in [1.165, 1.54) is 11.8 Å². The molecule has 2 amide bonds. The molecular weight excluding hydrogens is 509 g/mol. The fourth-order valence-electron chi connectivity index (χ4n) is 5.16. The molecule has 2 heterocycles. The first kappa shape index (κ1) is 28.9. The van der Waals surface area contributed by atoms with Crippen molar-refractivity contribution in [3.05, 3.63) is 29.8 Å². The fourth-order valence-corrected chi connectivity index (χ4v) is 6.56. The van der Waals surface area contributed by atoms with Crippen molar-refractivity contribution in [2.45, 2.75) is 77.2 Å². The van der Waals surface area contributed by atoms with Crippen LogP contribution in [0.5, 0.6) is 0 Å². The Morgan fingerprint density at radius 3 is 2.19 bits per heavy atom. The molecule has 0 unspecified atom stereocenters. The van der Waals surface area contributed by atoms with E-state index in [2.05, 4.69) is 10.0 Å². The van der Waals surface area contributed by atoms with Gasteiger partial charge in [-0.25, -0.2) is 8.42 Å². The number of carbonyl (C=O) groups excluding carboxylic acids is 2. The van der Waals surface area contributed by atoms with E-state index in [9.17, 15) is 31.2 Å². The van der Waals surface area contributed by atoms with Gasteiger partial charge in [-0.3, -0.25) is 9.59 Å². The Morgan fingerprint density at radius 2 is 1.73 bits per heavy atom. The number of hydrogen-bond donors (Lipinski definition) is 2.